The fourth-order valence-corrected chi connectivity index (χ4v) is 2.59. The topological polar surface area (TPSA) is 32.3 Å². The van der Waals surface area contributed by atoms with Crippen LogP contribution in [-0.4, -0.2) is 17.3 Å². The van der Waals surface area contributed by atoms with E-state index in [1.54, 1.807) is 0 Å². The van der Waals surface area contributed by atoms with Gasteiger partial charge in [-0.2, -0.15) is 0 Å². The van der Waals surface area contributed by atoms with E-state index >= 15 is 0 Å². The summed E-state index contributed by atoms with van der Waals surface area (Å²) < 4.78 is 0. The highest BCUT2D eigenvalue weighted by molar-refractivity contribution is 5.50. The lowest BCUT2D eigenvalue weighted by Crippen LogP contribution is -2.36. The minimum absolute atomic E-state index is 0.501. The van der Waals surface area contributed by atoms with Gasteiger partial charge in [0.15, 0.2) is 0 Å². The second kappa shape index (κ2) is 5.54. The summed E-state index contributed by atoms with van der Waals surface area (Å²) in [4.78, 5) is 0. The number of aliphatic hydroxyl groups is 1. The standard InChI is InChI=1S/C15H23NO/c1-13-8-4-5-9-14(13)16-12-15(17)10-6-2-3-7-11-15/h4-5,8-9,16-17H,2-3,6-7,10-12H2,1H3. The maximum Gasteiger partial charge on any atom is 0.0819 e. The fraction of sp³-hybridized carbons (Fsp3) is 0.600. The molecule has 1 fully saturated rings. The van der Waals surface area contributed by atoms with Gasteiger partial charge in [0.1, 0.15) is 0 Å². The van der Waals surface area contributed by atoms with Gasteiger partial charge in [0.25, 0.3) is 0 Å². The van der Waals surface area contributed by atoms with Gasteiger partial charge in [0.2, 0.25) is 0 Å². The Hall–Kier alpha value is -1.02. The van der Waals surface area contributed by atoms with Crippen LogP contribution in [0.25, 0.3) is 0 Å². The number of nitrogens with one attached hydrogen (secondary N) is 1. The first-order valence-corrected chi connectivity index (χ1v) is 6.72. The normalized spacial score (nSPS) is 19.6. The number of benzene rings is 1. The van der Waals surface area contributed by atoms with Gasteiger partial charge in [-0.1, -0.05) is 43.9 Å². The predicted molar refractivity (Wildman–Crippen MR) is 72.3 cm³/mol. The van der Waals surface area contributed by atoms with Crippen molar-refractivity contribution in [3.05, 3.63) is 29.8 Å². The molecule has 1 aliphatic rings. The molecular weight excluding hydrogens is 210 g/mol. The maximum absolute atomic E-state index is 10.5. The van der Waals surface area contributed by atoms with E-state index in [1.165, 1.54) is 18.4 Å². The molecule has 1 aromatic carbocycles. The summed E-state index contributed by atoms with van der Waals surface area (Å²) in [6.45, 7) is 2.78. The first-order chi connectivity index (χ1) is 8.20. The smallest absolute Gasteiger partial charge is 0.0819 e. The molecule has 0 heterocycles. The monoisotopic (exact) mass is 233 g/mol. The molecule has 0 spiro atoms. The Kier molecular flexibility index (Phi) is 4.06. The Morgan fingerprint density at radius 3 is 2.41 bits per heavy atom. The van der Waals surface area contributed by atoms with Crippen molar-refractivity contribution in [1.29, 1.82) is 0 Å². The predicted octanol–water partition coefficient (Wildman–Crippen LogP) is 3.49. The number of rotatable bonds is 3. The van der Waals surface area contributed by atoms with Crippen molar-refractivity contribution in [1.82, 2.24) is 0 Å². The van der Waals surface area contributed by atoms with Gasteiger partial charge in [-0.05, 0) is 31.4 Å². The number of aryl methyl sites for hydroxylation is 1. The minimum Gasteiger partial charge on any atom is -0.388 e. The molecule has 94 valence electrons. The number of hydrogen-bond donors (Lipinski definition) is 2. The summed E-state index contributed by atoms with van der Waals surface area (Å²) in [7, 11) is 0. The summed E-state index contributed by atoms with van der Waals surface area (Å²) in [6, 6.07) is 8.25. The molecule has 2 heteroatoms. The summed E-state index contributed by atoms with van der Waals surface area (Å²) >= 11 is 0. The molecule has 0 aromatic heterocycles. The zero-order valence-corrected chi connectivity index (χ0v) is 10.7. The molecule has 1 aromatic rings. The van der Waals surface area contributed by atoms with Gasteiger partial charge >= 0.3 is 0 Å². The van der Waals surface area contributed by atoms with Crippen LogP contribution < -0.4 is 5.32 Å². The van der Waals surface area contributed by atoms with Crippen LogP contribution in [-0.2, 0) is 0 Å². The van der Waals surface area contributed by atoms with Gasteiger partial charge in [-0.15, -0.1) is 0 Å². The molecule has 0 saturated heterocycles. The highest BCUT2D eigenvalue weighted by Gasteiger charge is 2.27. The molecule has 0 bridgehead atoms. The van der Waals surface area contributed by atoms with E-state index in [0.29, 0.717) is 6.54 Å². The molecule has 0 atom stereocenters. The van der Waals surface area contributed by atoms with Crippen molar-refractivity contribution in [2.45, 2.75) is 51.0 Å². The first-order valence-electron chi connectivity index (χ1n) is 6.72. The largest absolute Gasteiger partial charge is 0.388 e. The second-order valence-corrected chi connectivity index (χ2v) is 5.31. The van der Waals surface area contributed by atoms with Crippen molar-refractivity contribution in [3.8, 4) is 0 Å². The van der Waals surface area contributed by atoms with Gasteiger partial charge in [-0.25, -0.2) is 0 Å². The Morgan fingerprint density at radius 1 is 1.12 bits per heavy atom. The van der Waals surface area contributed by atoms with Crippen LogP contribution in [0.15, 0.2) is 24.3 Å². The van der Waals surface area contributed by atoms with E-state index in [9.17, 15) is 5.11 Å². The molecule has 1 aliphatic carbocycles. The highest BCUT2D eigenvalue weighted by Crippen LogP contribution is 2.27. The Morgan fingerprint density at radius 2 is 1.76 bits per heavy atom. The first kappa shape index (κ1) is 12.4. The van der Waals surface area contributed by atoms with Crippen molar-refractivity contribution in [2.24, 2.45) is 0 Å². The van der Waals surface area contributed by atoms with E-state index in [-0.39, 0.29) is 0 Å². The third-order valence-corrected chi connectivity index (χ3v) is 3.79. The molecule has 0 aliphatic heterocycles. The summed E-state index contributed by atoms with van der Waals surface area (Å²) in [5.74, 6) is 0. The van der Waals surface area contributed by atoms with Gasteiger partial charge < -0.3 is 10.4 Å². The van der Waals surface area contributed by atoms with E-state index in [1.807, 2.05) is 12.1 Å². The van der Waals surface area contributed by atoms with Crippen molar-refractivity contribution in [2.75, 3.05) is 11.9 Å². The lowest BCUT2D eigenvalue weighted by atomic mass is 9.94. The molecule has 0 unspecified atom stereocenters. The number of hydrogen-bond acceptors (Lipinski definition) is 2. The van der Waals surface area contributed by atoms with Gasteiger partial charge in [0.05, 0.1) is 5.60 Å². The molecule has 2 N–H and O–H groups in total. The van der Waals surface area contributed by atoms with E-state index in [2.05, 4.69) is 24.4 Å². The SMILES string of the molecule is Cc1ccccc1NCC1(O)CCCCCC1. The van der Waals surface area contributed by atoms with Crippen LogP contribution in [0.2, 0.25) is 0 Å². The van der Waals surface area contributed by atoms with Crippen LogP contribution in [0.4, 0.5) is 5.69 Å². The Labute approximate surface area is 104 Å². The van der Waals surface area contributed by atoms with Crippen LogP contribution in [0.1, 0.15) is 44.1 Å². The lowest BCUT2D eigenvalue weighted by molar-refractivity contribution is 0.0381. The molecule has 1 saturated carbocycles. The van der Waals surface area contributed by atoms with Gasteiger partial charge in [-0.3, -0.25) is 0 Å². The molecule has 2 rings (SSSR count). The second-order valence-electron chi connectivity index (χ2n) is 5.31. The van der Waals surface area contributed by atoms with Crippen LogP contribution in [0.5, 0.6) is 0 Å². The van der Waals surface area contributed by atoms with Crippen molar-refractivity contribution in [3.63, 3.8) is 0 Å². The van der Waals surface area contributed by atoms with Crippen molar-refractivity contribution < 1.29 is 5.11 Å². The molecule has 0 radical (unpaired) electrons. The maximum atomic E-state index is 10.5. The number of anilines is 1. The van der Waals surface area contributed by atoms with Crippen LogP contribution in [0, 0.1) is 6.92 Å². The average molecular weight is 233 g/mol. The van der Waals surface area contributed by atoms with Crippen LogP contribution in [0.3, 0.4) is 0 Å². The zero-order valence-electron chi connectivity index (χ0n) is 10.7. The number of para-hydroxylation sites is 1. The quantitative estimate of drug-likeness (QED) is 0.783. The Bertz CT molecular complexity index is 354. The fourth-order valence-electron chi connectivity index (χ4n) is 2.59. The third-order valence-electron chi connectivity index (χ3n) is 3.79. The van der Waals surface area contributed by atoms with E-state index in [0.717, 1.165) is 31.4 Å². The highest BCUT2D eigenvalue weighted by atomic mass is 16.3. The minimum atomic E-state index is -0.501. The molecule has 17 heavy (non-hydrogen) atoms. The van der Waals surface area contributed by atoms with E-state index < -0.39 is 5.60 Å². The van der Waals surface area contributed by atoms with Crippen LogP contribution >= 0.6 is 0 Å². The Balaban J connectivity index is 1.94. The zero-order chi connectivity index (χ0) is 12.1. The van der Waals surface area contributed by atoms with Crippen molar-refractivity contribution >= 4 is 5.69 Å². The third kappa shape index (κ3) is 3.47. The summed E-state index contributed by atoms with van der Waals surface area (Å²) in [5.41, 5.74) is 1.88. The lowest BCUT2D eigenvalue weighted by Gasteiger charge is -2.27. The molecule has 2 nitrogen and oxygen atoms in total. The van der Waals surface area contributed by atoms with E-state index in [4.69, 9.17) is 0 Å². The summed E-state index contributed by atoms with van der Waals surface area (Å²) in [6.07, 6.45) is 6.73. The molecule has 0 amide bonds. The average Bonchev–Trinajstić information content (AvgIpc) is 2.54. The summed E-state index contributed by atoms with van der Waals surface area (Å²) in [5, 5.41) is 13.9. The van der Waals surface area contributed by atoms with Gasteiger partial charge in [0, 0.05) is 12.2 Å². The molecular formula is C15H23NO.